The molecular weight excluding hydrogens is 284 g/mol. The number of pyridine rings is 1. The topological polar surface area (TPSA) is 99.9 Å². The van der Waals surface area contributed by atoms with Gasteiger partial charge in [0, 0.05) is 13.2 Å². The highest BCUT2D eigenvalue weighted by Gasteiger charge is 2.08. The van der Waals surface area contributed by atoms with E-state index in [-0.39, 0.29) is 12.8 Å². The average Bonchev–Trinajstić information content (AvgIpc) is 2.43. The molecule has 0 aliphatic rings. The van der Waals surface area contributed by atoms with E-state index in [1.165, 1.54) is 6.20 Å². The van der Waals surface area contributed by atoms with Crippen molar-refractivity contribution in [2.45, 2.75) is 19.8 Å². The second-order valence-electron chi connectivity index (χ2n) is 4.52. The number of aromatic nitrogens is 1. The van der Waals surface area contributed by atoms with Gasteiger partial charge in [-0.05, 0) is 36.3 Å². The van der Waals surface area contributed by atoms with E-state index in [1.54, 1.807) is 44.3 Å². The summed E-state index contributed by atoms with van der Waals surface area (Å²) in [6, 6.07) is 3.26. The standard InChI is InChI=1S/C16H18N2O4/c1-3-4-11(9-15(19)20)7-13(17-2)14-8-12(5-6-18-14)10-16(21)22/h3-8H,9-10H2,1-2H3,(H,19,20)(H,21,22)/b4-3-,11-7+,17-13?. The van der Waals surface area contributed by atoms with E-state index < -0.39 is 11.9 Å². The van der Waals surface area contributed by atoms with Gasteiger partial charge in [0.2, 0.25) is 0 Å². The summed E-state index contributed by atoms with van der Waals surface area (Å²) in [5.41, 5.74) is 2.20. The Morgan fingerprint density at radius 1 is 1.32 bits per heavy atom. The molecule has 116 valence electrons. The Morgan fingerprint density at radius 2 is 2.05 bits per heavy atom. The zero-order valence-electron chi connectivity index (χ0n) is 12.5. The molecule has 0 spiro atoms. The zero-order valence-corrected chi connectivity index (χ0v) is 12.5. The molecule has 22 heavy (non-hydrogen) atoms. The summed E-state index contributed by atoms with van der Waals surface area (Å²) in [5, 5.41) is 17.7. The molecular formula is C16H18N2O4. The number of carbonyl (C=O) groups is 2. The predicted molar refractivity (Wildman–Crippen MR) is 83.2 cm³/mol. The minimum absolute atomic E-state index is 0.104. The molecule has 0 saturated heterocycles. The molecule has 0 atom stereocenters. The van der Waals surface area contributed by atoms with Crippen molar-refractivity contribution in [3.8, 4) is 0 Å². The first-order valence-electron chi connectivity index (χ1n) is 6.65. The van der Waals surface area contributed by atoms with Gasteiger partial charge in [-0.15, -0.1) is 0 Å². The van der Waals surface area contributed by atoms with Crippen LogP contribution in [0.2, 0.25) is 0 Å². The van der Waals surface area contributed by atoms with Gasteiger partial charge in [-0.3, -0.25) is 19.6 Å². The van der Waals surface area contributed by atoms with Crippen LogP contribution in [-0.4, -0.2) is 39.9 Å². The maximum absolute atomic E-state index is 10.9. The molecule has 0 aliphatic heterocycles. The van der Waals surface area contributed by atoms with Crippen LogP contribution in [0.15, 0.2) is 47.1 Å². The summed E-state index contributed by atoms with van der Waals surface area (Å²) in [6.45, 7) is 1.80. The fourth-order valence-corrected chi connectivity index (χ4v) is 1.87. The van der Waals surface area contributed by atoms with E-state index in [9.17, 15) is 9.59 Å². The smallest absolute Gasteiger partial charge is 0.307 e. The number of aliphatic carboxylic acids is 2. The van der Waals surface area contributed by atoms with Gasteiger partial charge in [0.15, 0.2) is 0 Å². The molecule has 0 radical (unpaired) electrons. The summed E-state index contributed by atoms with van der Waals surface area (Å²) in [5.74, 6) is -1.87. The molecule has 1 heterocycles. The molecule has 0 fully saturated rings. The normalized spacial score (nSPS) is 12.6. The van der Waals surface area contributed by atoms with Crippen molar-refractivity contribution in [1.29, 1.82) is 0 Å². The number of nitrogens with zero attached hydrogens (tertiary/aromatic N) is 2. The largest absolute Gasteiger partial charge is 0.481 e. The van der Waals surface area contributed by atoms with Crippen molar-refractivity contribution in [2.75, 3.05) is 7.05 Å². The fourth-order valence-electron chi connectivity index (χ4n) is 1.87. The Balaban J connectivity index is 3.14. The number of hydrogen-bond donors (Lipinski definition) is 2. The van der Waals surface area contributed by atoms with Crippen molar-refractivity contribution < 1.29 is 19.8 Å². The van der Waals surface area contributed by atoms with Crippen LogP contribution in [0, 0.1) is 0 Å². The lowest BCUT2D eigenvalue weighted by molar-refractivity contribution is -0.137. The molecule has 0 unspecified atom stereocenters. The molecule has 6 heteroatoms. The van der Waals surface area contributed by atoms with Gasteiger partial charge >= 0.3 is 11.9 Å². The van der Waals surface area contributed by atoms with Crippen molar-refractivity contribution in [2.24, 2.45) is 4.99 Å². The van der Waals surface area contributed by atoms with Crippen LogP contribution in [0.4, 0.5) is 0 Å². The van der Waals surface area contributed by atoms with Crippen LogP contribution in [-0.2, 0) is 16.0 Å². The minimum Gasteiger partial charge on any atom is -0.481 e. The Hall–Kier alpha value is -2.76. The van der Waals surface area contributed by atoms with E-state index in [2.05, 4.69) is 9.98 Å². The van der Waals surface area contributed by atoms with E-state index in [0.29, 0.717) is 22.5 Å². The molecule has 1 rings (SSSR count). The molecule has 0 aliphatic carbocycles. The fraction of sp³-hybridized carbons (Fsp3) is 0.250. The molecule has 0 amide bonds. The minimum atomic E-state index is -0.938. The van der Waals surface area contributed by atoms with Crippen molar-refractivity contribution in [1.82, 2.24) is 4.98 Å². The molecule has 0 bridgehead atoms. The predicted octanol–water partition coefficient (Wildman–Crippen LogP) is 2.10. The first kappa shape index (κ1) is 17.3. The van der Waals surface area contributed by atoms with Gasteiger partial charge in [0.1, 0.15) is 0 Å². The maximum atomic E-state index is 10.9. The van der Waals surface area contributed by atoms with E-state index >= 15 is 0 Å². The average molecular weight is 302 g/mol. The van der Waals surface area contributed by atoms with E-state index in [0.717, 1.165) is 0 Å². The highest BCUT2D eigenvalue weighted by atomic mass is 16.4. The molecule has 0 saturated carbocycles. The summed E-state index contributed by atoms with van der Waals surface area (Å²) < 4.78 is 0. The van der Waals surface area contributed by atoms with Gasteiger partial charge in [-0.25, -0.2) is 0 Å². The van der Waals surface area contributed by atoms with Crippen molar-refractivity contribution in [3.05, 3.63) is 53.4 Å². The highest BCUT2D eigenvalue weighted by molar-refractivity contribution is 6.08. The van der Waals surface area contributed by atoms with E-state index in [4.69, 9.17) is 10.2 Å². The number of carboxylic acids is 2. The van der Waals surface area contributed by atoms with Gasteiger partial charge in [-0.1, -0.05) is 12.2 Å². The molecule has 6 nitrogen and oxygen atoms in total. The monoisotopic (exact) mass is 302 g/mol. The second-order valence-corrected chi connectivity index (χ2v) is 4.52. The second kappa shape index (κ2) is 8.51. The van der Waals surface area contributed by atoms with Gasteiger partial charge in [-0.2, -0.15) is 0 Å². The highest BCUT2D eigenvalue weighted by Crippen LogP contribution is 2.10. The van der Waals surface area contributed by atoms with Crippen LogP contribution >= 0.6 is 0 Å². The summed E-state index contributed by atoms with van der Waals surface area (Å²) in [6.07, 6.45) is 6.36. The Morgan fingerprint density at radius 3 is 2.59 bits per heavy atom. The third-order valence-corrected chi connectivity index (χ3v) is 2.74. The number of carboxylic acid groups (broad SMARTS) is 2. The van der Waals surface area contributed by atoms with Crippen LogP contribution < -0.4 is 0 Å². The van der Waals surface area contributed by atoms with Gasteiger partial charge in [0.05, 0.1) is 24.2 Å². The number of hydrogen-bond acceptors (Lipinski definition) is 4. The Bertz CT molecular complexity index is 645. The first-order chi connectivity index (χ1) is 10.5. The van der Waals surface area contributed by atoms with Crippen LogP contribution in [0.1, 0.15) is 24.6 Å². The number of rotatable bonds is 7. The first-order valence-corrected chi connectivity index (χ1v) is 6.65. The quantitative estimate of drug-likeness (QED) is 0.593. The summed E-state index contributed by atoms with van der Waals surface area (Å²) in [4.78, 5) is 29.9. The zero-order chi connectivity index (χ0) is 16.5. The van der Waals surface area contributed by atoms with Crippen LogP contribution in [0.25, 0.3) is 0 Å². The number of aliphatic imine (C=N–C) groups is 1. The lowest BCUT2D eigenvalue weighted by atomic mass is 10.1. The third-order valence-electron chi connectivity index (χ3n) is 2.74. The van der Waals surface area contributed by atoms with Gasteiger partial charge < -0.3 is 10.2 Å². The van der Waals surface area contributed by atoms with Crippen molar-refractivity contribution in [3.63, 3.8) is 0 Å². The van der Waals surface area contributed by atoms with E-state index in [1.807, 2.05) is 0 Å². The SMILES string of the molecule is C/C=C\C(=C/C(=NC)c1cc(CC(=O)O)ccn1)CC(=O)O. The lowest BCUT2D eigenvalue weighted by Gasteiger charge is -2.05. The molecule has 1 aromatic rings. The van der Waals surface area contributed by atoms with Crippen molar-refractivity contribution >= 4 is 17.7 Å². The van der Waals surface area contributed by atoms with Crippen LogP contribution in [0.3, 0.4) is 0 Å². The molecule has 1 aromatic heterocycles. The summed E-state index contributed by atoms with van der Waals surface area (Å²) in [7, 11) is 1.57. The molecule has 0 aromatic carbocycles. The summed E-state index contributed by atoms with van der Waals surface area (Å²) >= 11 is 0. The lowest BCUT2D eigenvalue weighted by Crippen LogP contribution is -2.06. The van der Waals surface area contributed by atoms with Gasteiger partial charge in [0.25, 0.3) is 0 Å². The Labute approximate surface area is 128 Å². The molecule has 2 N–H and O–H groups in total. The number of allylic oxidation sites excluding steroid dienone is 3. The maximum Gasteiger partial charge on any atom is 0.307 e. The third kappa shape index (κ3) is 5.70. The van der Waals surface area contributed by atoms with Crippen LogP contribution in [0.5, 0.6) is 0 Å². The Kier molecular flexibility index (Phi) is 6.69.